The highest BCUT2D eigenvalue weighted by molar-refractivity contribution is 4.76. The summed E-state index contributed by atoms with van der Waals surface area (Å²) >= 11 is 0. The van der Waals surface area contributed by atoms with Crippen molar-refractivity contribution >= 4 is 0 Å². The Morgan fingerprint density at radius 1 is 0.850 bits per heavy atom. The predicted molar refractivity (Wildman–Crippen MR) is 63.5 cm³/mol. The molecule has 0 fully saturated rings. The maximum atomic E-state index is 12.1. The van der Waals surface area contributed by atoms with E-state index >= 15 is 0 Å². The summed E-state index contributed by atoms with van der Waals surface area (Å²) < 4.78 is 76.7. The molecule has 0 aromatic heterocycles. The minimum absolute atomic E-state index is 0.0613. The van der Waals surface area contributed by atoms with Gasteiger partial charge in [0.15, 0.2) is 0 Å². The highest BCUT2D eigenvalue weighted by Gasteiger charge is 2.57. The molecule has 0 atom stereocenters. The van der Waals surface area contributed by atoms with E-state index in [1.165, 1.54) is 0 Å². The maximum absolute atomic E-state index is 12.1. The van der Waals surface area contributed by atoms with Gasteiger partial charge in [-0.1, -0.05) is 0 Å². The van der Waals surface area contributed by atoms with E-state index in [9.17, 15) is 26.3 Å². The van der Waals surface area contributed by atoms with Crippen molar-refractivity contribution in [2.45, 2.75) is 64.0 Å². The number of unbranched alkanes of at least 4 members (excludes halogenated alkanes) is 2. The lowest BCUT2D eigenvalue weighted by atomic mass is 10.1. The molecule has 122 valence electrons. The first kappa shape index (κ1) is 19.5. The van der Waals surface area contributed by atoms with Gasteiger partial charge in [-0.2, -0.15) is 26.3 Å². The van der Waals surface area contributed by atoms with Gasteiger partial charge in [0.1, 0.15) is 0 Å². The molecule has 0 aliphatic carbocycles. The first-order valence-corrected chi connectivity index (χ1v) is 6.34. The summed E-state index contributed by atoms with van der Waals surface area (Å²) in [7, 11) is 0. The van der Waals surface area contributed by atoms with Gasteiger partial charge in [0.2, 0.25) is 6.10 Å². The molecule has 0 saturated carbocycles. The van der Waals surface area contributed by atoms with Crippen molar-refractivity contribution < 1.29 is 31.1 Å². The van der Waals surface area contributed by atoms with E-state index in [2.05, 4.69) is 10.1 Å². The quantitative estimate of drug-likeness (QED) is 0.566. The number of hydrogen-bond acceptors (Lipinski definition) is 2. The molecule has 0 bridgehead atoms. The predicted octanol–water partition coefficient (Wildman–Crippen LogP) is 4.05. The van der Waals surface area contributed by atoms with Crippen LogP contribution in [0.4, 0.5) is 26.3 Å². The van der Waals surface area contributed by atoms with Crippen LogP contribution in [0.1, 0.15) is 40.0 Å². The Morgan fingerprint density at radius 3 is 1.75 bits per heavy atom. The molecule has 0 aliphatic rings. The molecule has 8 heteroatoms. The Morgan fingerprint density at radius 2 is 1.35 bits per heavy atom. The zero-order valence-corrected chi connectivity index (χ0v) is 11.8. The molecule has 0 saturated heterocycles. The zero-order valence-electron chi connectivity index (χ0n) is 11.8. The molecule has 0 heterocycles. The molecule has 0 radical (unpaired) electrons. The van der Waals surface area contributed by atoms with Gasteiger partial charge in [-0.15, -0.1) is 0 Å². The summed E-state index contributed by atoms with van der Waals surface area (Å²) in [5.74, 6) is 0. The summed E-state index contributed by atoms with van der Waals surface area (Å²) in [5, 5.41) is 3.17. The van der Waals surface area contributed by atoms with E-state index in [4.69, 9.17) is 0 Å². The molecule has 20 heavy (non-hydrogen) atoms. The highest BCUT2D eigenvalue weighted by Crippen LogP contribution is 2.35. The van der Waals surface area contributed by atoms with Crippen molar-refractivity contribution in [3.8, 4) is 0 Å². The van der Waals surface area contributed by atoms with Crippen LogP contribution >= 0.6 is 0 Å². The lowest BCUT2D eigenvalue weighted by Crippen LogP contribution is -2.44. The van der Waals surface area contributed by atoms with Gasteiger partial charge in [-0.25, -0.2) is 0 Å². The normalized spacial score (nSPS) is 14.1. The van der Waals surface area contributed by atoms with Crippen LogP contribution in [-0.4, -0.2) is 37.1 Å². The van der Waals surface area contributed by atoms with Gasteiger partial charge in [0.25, 0.3) is 0 Å². The standard InChI is InChI=1S/C12H21F6NO/c1-10(2,3)19-7-5-4-6-8-20-9(11(13,14)15)12(16,17)18/h9,19H,4-8H2,1-3H3. The van der Waals surface area contributed by atoms with Crippen molar-refractivity contribution in [3.05, 3.63) is 0 Å². The molecule has 0 aromatic rings. The lowest BCUT2D eigenvalue weighted by Gasteiger charge is -2.23. The first-order valence-electron chi connectivity index (χ1n) is 6.34. The average Bonchev–Trinajstić information content (AvgIpc) is 2.16. The molecule has 0 aromatic carbocycles. The smallest absolute Gasteiger partial charge is 0.361 e. The largest absolute Gasteiger partial charge is 0.423 e. The Labute approximate surface area is 114 Å². The van der Waals surface area contributed by atoms with Crippen LogP contribution in [0, 0.1) is 0 Å². The van der Waals surface area contributed by atoms with Crippen molar-refractivity contribution in [2.24, 2.45) is 0 Å². The summed E-state index contributed by atoms with van der Waals surface area (Å²) in [6.07, 6.45) is -13.2. The maximum Gasteiger partial charge on any atom is 0.423 e. The van der Waals surface area contributed by atoms with Crippen LogP contribution in [0.5, 0.6) is 0 Å². The summed E-state index contributed by atoms with van der Waals surface area (Å²) in [6, 6.07) is 0. The average molecular weight is 309 g/mol. The molecule has 0 unspecified atom stereocenters. The van der Waals surface area contributed by atoms with Gasteiger partial charge in [-0.3, -0.25) is 0 Å². The van der Waals surface area contributed by atoms with Crippen molar-refractivity contribution in [1.29, 1.82) is 0 Å². The third-order valence-electron chi connectivity index (χ3n) is 2.36. The van der Waals surface area contributed by atoms with Crippen molar-refractivity contribution in [3.63, 3.8) is 0 Å². The number of hydrogen-bond donors (Lipinski definition) is 1. The van der Waals surface area contributed by atoms with E-state index in [1.54, 1.807) is 0 Å². The zero-order chi connectivity index (χ0) is 16.0. The van der Waals surface area contributed by atoms with Gasteiger partial charge in [-0.05, 0) is 46.6 Å². The monoisotopic (exact) mass is 309 g/mol. The fourth-order valence-electron chi connectivity index (χ4n) is 1.44. The Balaban J connectivity index is 3.87. The molecule has 0 aliphatic heterocycles. The fraction of sp³-hybridized carbons (Fsp3) is 1.00. The molecule has 0 spiro atoms. The Bertz CT molecular complexity index is 255. The van der Waals surface area contributed by atoms with Crippen LogP contribution in [-0.2, 0) is 4.74 Å². The van der Waals surface area contributed by atoms with Crippen molar-refractivity contribution in [1.82, 2.24) is 5.32 Å². The number of rotatable bonds is 7. The number of alkyl halides is 6. The van der Waals surface area contributed by atoms with Crippen LogP contribution < -0.4 is 5.32 Å². The van der Waals surface area contributed by atoms with E-state index in [1.807, 2.05) is 20.8 Å². The third kappa shape index (κ3) is 9.41. The van der Waals surface area contributed by atoms with Gasteiger partial charge in [0, 0.05) is 12.1 Å². The van der Waals surface area contributed by atoms with Crippen LogP contribution in [0.3, 0.4) is 0 Å². The second-order valence-electron chi connectivity index (χ2n) is 5.57. The SMILES string of the molecule is CC(C)(C)NCCCCCOC(C(F)(F)F)C(F)(F)F. The number of ether oxygens (including phenoxy) is 1. The Hall–Kier alpha value is -0.500. The molecular formula is C12H21F6NO. The van der Waals surface area contributed by atoms with Crippen LogP contribution in [0.2, 0.25) is 0 Å². The first-order chi connectivity index (χ1) is 8.84. The van der Waals surface area contributed by atoms with Gasteiger partial charge in [0.05, 0.1) is 0 Å². The lowest BCUT2D eigenvalue weighted by molar-refractivity contribution is -0.321. The van der Waals surface area contributed by atoms with E-state index in [-0.39, 0.29) is 12.0 Å². The number of halogens is 6. The summed E-state index contributed by atoms with van der Waals surface area (Å²) in [6.45, 7) is 6.00. The summed E-state index contributed by atoms with van der Waals surface area (Å²) in [5.41, 5.74) is -0.0613. The molecular weight excluding hydrogens is 288 g/mol. The second kappa shape index (κ2) is 7.49. The highest BCUT2D eigenvalue weighted by atomic mass is 19.4. The minimum Gasteiger partial charge on any atom is -0.361 e. The van der Waals surface area contributed by atoms with Crippen LogP contribution in [0.15, 0.2) is 0 Å². The van der Waals surface area contributed by atoms with Crippen molar-refractivity contribution in [2.75, 3.05) is 13.2 Å². The molecule has 1 N–H and O–H groups in total. The van der Waals surface area contributed by atoms with E-state index < -0.39 is 25.1 Å². The third-order valence-corrected chi connectivity index (χ3v) is 2.36. The van der Waals surface area contributed by atoms with Crippen LogP contribution in [0.25, 0.3) is 0 Å². The fourth-order valence-corrected chi connectivity index (χ4v) is 1.44. The Kier molecular flexibility index (Phi) is 7.30. The van der Waals surface area contributed by atoms with E-state index in [0.717, 1.165) is 0 Å². The molecule has 0 amide bonds. The summed E-state index contributed by atoms with van der Waals surface area (Å²) in [4.78, 5) is 0. The molecule has 2 nitrogen and oxygen atoms in total. The van der Waals surface area contributed by atoms with E-state index in [0.29, 0.717) is 19.4 Å². The second-order valence-corrected chi connectivity index (χ2v) is 5.57. The minimum atomic E-state index is -5.42. The van der Waals surface area contributed by atoms with Gasteiger partial charge < -0.3 is 10.1 Å². The number of nitrogens with one attached hydrogen (secondary N) is 1. The topological polar surface area (TPSA) is 21.3 Å². The van der Waals surface area contributed by atoms with Gasteiger partial charge >= 0.3 is 12.4 Å². The molecule has 0 rings (SSSR count).